The molecule has 26 heavy (non-hydrogen) atoms. The van der Waals surface area contributed by atoms with Crippen molar-refractivity contribution in [2.45, 2.75) is 43.4 Å². The number of allylic oxidation sites excluding steroid dienone is 2. The van der Waals surface area contributed by atoms with Gasteiger partial charge in [-0.15, -0.1) is 0 Å². The molecular weight excluding hydrogens is 410 g/mol. The van der Waals surface area contributed by atoms with Gasteiger partial charge in [0, 0.05) is 4.47 Å². The molecule has 4 rings (SSSR count). The van der Waals surface area contributed by atoms with E-state index in [0.717, 1.165) is 22.9 Å². The molecule has 1 spiro atoms. The maximum atomic E-state index is 11.5. The zero-order valence-corrected chi connectivity index (χ0v) is 16.9. The summed E-state index contributed by atoms with van der Waals surface area (Å²) in [4.78, 5) is 0.167. The van der Waals surface area contributed by atoms with Crippen LogP contribution in [0.15, 0.2) is 57.9 Å². The topological polar surface area (TPSA) is 60.2 Å². The number of rotatable bonds is 3. The minimum atomic E-state index is -3.66. The van der Waals surface area contributed by atoms with Crippen molar-refractivity contribution in [3.05, 3.63) is 64.1 Å². The average molecular weight is 432 g/mol. The molecule has 5 heteroatoms. The minimum Gasteiger partial charge on any atom is -0.225 e. The molecule has 136 valence electrons. The summed E-state index contributed by atoms with van der Waals surface area (Å²) in [5.74, 6) is 0. The largest absolute Gasteiger partial charge is 0.238 e. The average Bonchev–Trinajstić information content (AvgIpc) is 3.22. The minimum absolute atomic E-state index is 0.167. The first kappa shape index (κ1) is 18.0. The molecule has 0 bridgehead atoms. The summed E-state index contributed by atoms with van der Waals surface area (Å²) in [5, 5.41) is 5.24. The summed E-state index contributed by atoms with van der Waals surface area (Å²) < 4.78 is 24.2. The van der Waals surface area contributed by atoms with Crippen LogP contribution in [0, 0.1) is 5.41 Å². The Hall–Kier alpha value is -1.43. The van der Waals surface area contributed by atoms with E-state index in [-0.39, 0.29) is 4.90 Å². The summed E-state index contributed by atoms with van der Waals surface area (Å²) in [6.07, 6.45) is 7.38. The van der Waals surface area contributed by atoms with Crippen LogP contribution in [0.4, 0.5) is 0 Å². The predicted molar refractivity (Wildman–Crippen MR) is 109 cm³/mol. The highest BCUT2D eigenvalue weighted by molar-refractivity contribution is 9.10. The highest BCUT2D eigenvalue weighted by Gasteiger charge is 2.41. The van der Waals surface area contributed by atoms with E-state index in [2.05, 4.69) is 40.2 Å². The van der Waals surface area contributed by atoms with E-state index in [1.807, 2.05) is 12.1 Å². The molecule has 2 N–H and O–H groups in total. The number of sulfonamides is 1. The molecule has 3 nitrogen and oxygen atoms in total. The van der Waals surface area contributed by atoms with E-state index >= 15 is 0 Å². The quantitative estimate of drug-likeness (QED) is 0.710. The third kappa shape index (κ3) is 3.40. The molecule has 0 heterocycles. The second-order valence-electron chi connectivity index (χ2n) is 7.59. The number of benzene rings is 2. The number of hydrogen-bond acceptors (Lipinski definition) is 2. The van der Waals surface area contributed by atoms with Crippen LogP contribution in [0.1, 0.15) is 49.7 Å². The molecule has 2 aliphatic rings. The Morgan fingerprint density at radius 1 is 0.808 bits per heavy atom. The van der Waals surface area contributed by atoms with Crippen molar-refractivity contribution in [1.29, 1.82) is 0 Å². The van der Waals surface area contributed by atoms with Crippen LogP contribution in [-0.4, -0.2) is 8.42 Å². The Morgan fingerprint density at radius 3 is 1.73 bits per heavy atom. The number of hydrogen-bond donors (Lipinski definition) is 1. The third-order valence-corrected chi connectivity index (χ3v) is 7.31. The lowest BCUT2D eigenvalue weighted by molar-refractivity contribution is 0.330. The Kier molecular flexibility index (Phi) is 4.58. The fourth-order valence-corrected chi connectivity index (χ4v) is 5.33. The van der Waals surface area contributed by atoms with Gasteiger partial charge in [-0.3, -0.25) is 0 Å². The highest BCUT2D eigenvalue weighted by atomic mass is 79.9. The van der Waals surface area contributed by atoms with Crippen LogP contribution in [0.25, 0.3) is 11.1 Å². The maximum absolute atomic E-state index is 11.5. The monoisotopic (exact) mass is 431 g/mol. The van der Waals surface area contributed by atoms with Crippen LogP contribution >= 0.6 is 15.9 Å². The Labute approximate surface area is 163 Å². The van der Waals surface area contributed by atoms with Gasteiger partial charge in [-0.25, -0.2) is 13.6 Å². The molecule has 2 aliphatic carbocycles. The molecule has 0 unspecified atom stereocenters. The van der Waals surface area contributed by atoms with Gasteiger partial charge >= 0.3 is 0 Å². The fraction of sp³-hybridized carbons (Fsp3) is 0.333. The third-order valence-electron chi connectivity index (χ3n) is 5.86. The lowest BCUT2D eigenvalue weighted by Gasteiger charge is -2.23. The van der Waals surface area contributed by atoms with Crippen molar-refractivity contribution >= 4 is 37.1 Å². The van der Waals surface area contributed by atoms with Gasteiger partial charge in [0.05, 0.1) is 4.90 Å². The standard InChI is InChI=1S/C21H22BrNO2S/c22-17-7-3-15(4-8-17)19-13-21(11-1-2-12-21)14-20(19)16-5-9-18(10-6-16)26(23,24)25/h3-10H,1-2,11-14H2,(H2,23,24,25). The lowest BCUT2D eigenvalue weighted by atomic mass is 9.81. The van der Waals surface area contributed by atoms with E-state index in [1.54, 1.807) is 12.1 Å². The van der Waals surface area contributed by atoms with Crippen molar-refractivity contribution in [1.82, 2.24) is 0 Å². The molecule has 0 radical (unpaired) electrons. The van der Waals surface area contributed by atoms with Gasteiger partial charge in [0.1, 0.15) is 0 Å². The summed E-state index contributed by atoms with van der Waals surface area (Å²) in [6, 6.07) is 15.6. The van der Waals surface area contributed by atoms with E-state index in [9.17, 15) is 8.42 Å². The molecule has 0 amide bonds. The van der Waals surface area contributed by atoms with E-state index in [1.165, 1.54) is 42.4 Å². The van der Waals surface area contributed by atoms with Crippen molar-refractivity contribution in [3.63, 3.8) is 0 Å². The molecule has 2 aromatic rings. The van der Waals surface area contributed by atoms with Crippen molar-refractivity contribution in [2.24, 2.45) is 10.6 Å². The highest BCUT2D eigenvalue weighted by Crippen LogP contribution is 2.57. The second kappa shape index (κ2) is 6.63. The van der Waals surface area contributed by atoms with Crippen molar-refractivity contribution in [3.8, 4) is 0 Å². The summed E-state index contributed by atoms with van der Waals surface area (Å²) in [5.41, 5.74) is 5.52. The van der Waals surface area contributed by atoms with E-state index in [0.29, 0.717) is 5.41 Å². The molecule has 0 atom stereocenters. The van der Waals surface area contributed by atoms with Gasteiger partial charge in [0.25, 0.3) is 0 Å². The first-order valence-corrected chi connectivity index (χ1v) is 11.3. The van der Waals surface area contributed by atoms with Crippen LogP contribution in [0.3, 0.4) is 0 Å². The molecule has 0 aromatic heterocycles. The Bertz CT molecular complexity index is 954. The summed E-state index contributed by atoms with van der Waals surface area (Å²) in [7, 11) is -3.66. The zero-order valence-electron chi connectivity index (χ0n) is 14.5. The fourth-order valence-electron chi connectivity index (χ4n) is 4.55. The molecule has 1 fully saturated rings. The van der Waals surface area contributed by atoms with Crippen LogP contribution in [0.5, 0.6) is 0 Å². The number of primary sulfonamides is 1. The molecule has 0 saturated heterocycles. The number of halogens is 1. The van der Waals surface area contributed by atoms with E-state index in [4.69, 9.17) is 5.14 Å². The molecule has 2 aromatic carbocycles. The van der Waals surface area contributed by atoms with Crippen LogP contribution < -0.4 is 5.14 Å². The molecular formula is C21H22BrNO2S. The normalized spacial score (nSPS) is 19.5. The SMILES string of the molecule is NS(=O)(=O)c1ccc(C2=C(c3ccc(Br)cc3)CC3(CCCC3)C2)cc1. The first-order valence-electron chi connectivity index (χ1n) is 8.98. The Morgan fingerprint density at radius 2 is 1.27 bits per heavy atom. The molecule has 0 aliphatic heterocycles. The smallest absolute Gasteiger partial charge is 0.225 e. The van der Waals surface area contributed by atoms with Crippen LogP contribution in [-0.2, 0) is 10.0 Å². The zero-order chi connectivity index (χ0) is 18.4. The Balaban J connectivity index is 1.78. The van der Waals surface area contributed by atoms with Crippen molar-refractivity contribution in [2.75, 3.05) is 0 Å². The van der Waals surface area contributed by atoms with Gasteiger partial charge in [-0.2, -0.15) is 0 Å². The number of nitrogens with two attached hydrogens (primary N) is 1. The summed E-state index contributed by atoms with van der Waals surface area (Å²) >= 11 is 3.52. The van der Waals surface area contributed by atoms with Gasteiger partial charge in [-0.05, 0) is 77.6 Å². The summed E-state index contributed by atoms with van der Waals surface area (Å²) in [6.45, 7) is 0. The van der Waals surface area contributed by atoms with Gasteiger partial charge in [0.2, 0.25) is 10.0 Å². The maximum Gasteiger partial charge on any atom is 0.238 e. The lowest BCUT2D eigenvalue weighted by Crippen LogP contribution is -2.12. The first-order chi connectivity index (χ1) is 12.4. The predicted octanol–water partition coefficient (Wildman–Crippen LogP) is 5.36. The van der Waals surface area contributed by atoms with Gasteiger partial charge < -0.3 is 0 Å². The van der Waals surface area contributed by atoms with Gasteiger partial charge in [0.15, 0.2) is 0 Å². The molecule has 1 saturated carbocycles. The second-order valence-corrected chi connectivity index (χ2v) is 10.1. The van der Waals surface area contributed by atoms with Crippen LogP contribution in [0.2, 0.25) is 0 Å². The van der Waals surface area contributed by atoms with Gasteiger partial charge in [-0.1, -0.05) is 53.0 Å². The van der Waals surface area contributed by atoms with Crippen molar-refractivity contribution < 1.29 is 8.42 Å². The van der Waals surface area contributed by atoms with E-state index < -0.39 is 10.0 Å².